The highest BCUT2D eigenvalue weighted by atomic mass is 32.2. The van der Waals surface area contributed by atoms with Gasteiger partial charge in [-0.05, 0) is 61.2 Å². The van der Waals surface area contributed by atoms with Gasteiger partial charge < -0.3 is 10.1 Å². The van der Waals surface area contributed by atoms with Crippen molar-refractivity contribution >= 4 is 21.8 Å². The van der Waals surface area contributed by atoms with Crippen LogP contribution >= 0.6 is 0 Å². The largest absolute Gasteiger partial charge is 0.493 e. The summed E-state index contributed by atoms with van der Waals surface area (Å²) in [6.45, 7) is 6.76. The molecule has 37 heavy (non-hydrogen) atoms. The molecule has 1 aliphatic rings. The predicted octanol–water partition coefficient (Wildman–Crippen LogP) is 4.09. The van der Waals surface area contributed by atoms with E-state index in [1.165, 1.54) is 6.08 Å². The molecule has 0 aliphatic carbocycles. The summed E-state index contributed by atoms with van der Waals surface area (Å²) in [6.07, 6.45) is 3.61. The van der Waals surface area contributed by atoms with Crippen LogP contribution in [0.1, 0.15) is 31.4 Å². The van der Waals surface area contributed by atoms with Gasteiger partial charge in [0.1, 0.15) is 23.1 Å². The lowest BCUT2D eigenvalue weighted by Gasteiger charge is -2.12. The average Bonchev–Trinajstić information content (AvgIpc) is 3.44. The fraction of sp³-hybridized carbons (Fsp3) is 0.321. The van der Waals surface area contributed by atoms with Crippen LogP contribution in [0.4, 0.5) is 0 Å². The minimum Gasteiger partial charge on any atom is -0.493 e. The van der Waals surface area contributed by atoms with E-state index in [9.17, 15) is 18.5 Å². The van der Waals surface area contributed by atoms with Crippen molar-refractivity contribution in [1.29, 1.82) is 5.26 Å². The number of benzene rings is 2. The van der Waals surface area contributed by atoms with E-state index in [0.717, 1.165) is 22.6 Å². The molecule has 1 fully saturated rings. The molecule has 8 nitrogen and oxygen atoms in total. The SMILES string of the molecule is Cc1cc(-c2nn(-c3ccccc3)cc2C=C(C#N)C(=O)NC2CCS(=O)(=O)C2)ccc1OCC(C)C. The Morgan fingerprint density at radius 2 is 2.03 bits per heavy atom. The van der Waals surface area contributed by atoms with Crippen molar-refractivity contribution in [3.8, 4) is 28.8 Å². The molecule has 1 N–H and O–H groups in total. The van der Waals surface area contributed by atoms with Gasteiger partial charge in [-0.25, -0.2) is 13.1 Å². The molecule has 1 saturated heterocycles. The van der Waals surface area contributed by atoms with Crippen molar-refractivity contribution in [2.75, 3.05) is 18.1 Å². The van der Waals surface area contributed by atoms with E-state index in [2.05, 4.69) is 19.2 Å². The molecule has 1 unspecified atom stereocenters. The van der Waals surface area contributed by atoms with Crippen LogP contribution in [0, 0.1) is 24.2 Å². The second kappa shape index (κ2) is 11.0. The van der Waals surface area contributed by atoms with E-state index in [1.807, 2.05) is 61.5 Å². The summed E-state index contributed by atoms with van der Waals surface area (Å²) in [5.74, 6) is 0.516. The van der Waals surface area contributed by atoms with E-state index < -0.39 is 21.8 Å². The Bertz CT molecular complexity index is 1470. The highest BCUT2D eigenvalue weighted by molar-refractivity contribution is 7.91. The van der Waals surface area contributed by atoms with Crippen molar-refractivity contribution in [3.05, 3.63) is 71.4 Å². The first kappa shape index (κ1) is 26.2. The number of carbonyl (C=O) groups excluding carboxylic acids is 1. The fourth-order valence-electron chi connectivity index (χ4n) is 4.12. The third-order valence-electron chi connectivity index (χ3n) is 6.02. The Kier molecular flexibility index (Phi) is 7.79. The molecule has 1 amide bonds. The normalized spacial score (nSPS) is 16.9. The zero-order valence-corrected chi connectivity index (χ0v) is 22.0. The molecular weight excluding hydrogens is 488 g/mol. The van der Waals surface area contributed by atoms with Crippen LogP contribution in [0.5, 0.6) is 5.75 Å². The smallest absolute Gasteiger partial charge is 0.262 e. The number of carbonyl (C=O) groups is 1. The van der Waals surface area contributed by atoms with Crippen molar-refractivity contribution < 1.29 is 17.9 Å². The Morgan fingerprint density at radius 3 is 2.65 bits per heavy atom. The molecule has 1 aliphatic heterocycles. The van der Waals surface area contributed by atoms with Crippen molar-refractivity contribution in [1.82, 2.24) is 15.1 Å². The molecule has 0 bridgehead atoms. The summed E-state index contributed by atoms with van der Waals surface area (Å²) >= 11 is 0. The Labute approximate surface area is 217 Å². The molecule has 4 rings (SSSR count). The molecular formula is C28H30N4O4S. The van der Waals surface area contributed by atoms with Gasteiger partial charge in [0.2, 0.25) is 0 Å². The van der Waals surface area contributed by atoms with Gasteiger partial charge in [0.25, 0.3) is 5.91 Å². The summed E-state index contributed by atoms with van der Waals surface area (Å²) < 4.78 is 31.1. The minimum absolute atomic E-state index is 0.0355. The number of nitrogens with one attached hydrogen (secondary N) is 1. The van der Waals surface area contributed by atoms with Crippen LogP contribution in [-0.4, -0.2) is 48.3 Å². The zero-order valence-electron chi connectivity index (χ0n) is 21.1. The molecule has 2 aromatic carbocycles. The first-order chi connectivity index (χ1) is 17.6. The van der Waals surface area contributed by atoms with Crippen LogP contribution in [0.3, 0.4) is 0 Å². The highest BCUT2D eigenvalue weighted by Crippen LogP contribution is 2.30. The summed E-state index contributed by atoms with van der Waals surface area (Å²) in [4.78, 5) is 12.9. The summed E-state index contributed by atoms with van der Waals surface area (Å²) in [5, 5.41) is 17.2. The molecule has 0 saturated carbocycles. The molecule has 1 atom stereocenters. The van der Waals surface area contributed by atoms with Gasteiger partial charge in [-0.2, -0.15) is 10.4 Å². The molecule has 0 spiro atoms. The average molecular weight is 519 g/mol. The van der Waals surface area contributed by atoms with Crippen LogP contribution in [0.15, 0.2) is 60.3 Å². The maximum absolute atomic E-state index is 12.9. The van der Waals surface area contributed by atoms with Crippen molar-refractivity contribution in [3.63, 3.8) is 0 Å². The number of nitriles is 1. The Hall–Kier alpha value is -3.90. The quantitative estimate of drug-likeness (QED) is 0.355. The number of amides is 1. The van der Waals surface area contributed by atoms with Gasteiger partial charge in [0, 0.05) is 23.4 Å². The van der Waals surface area contributed by atoms with E-state index in [0.29, 0.717) is 30.2 Å². The van der Waals surface area contributed by atoms with Gasteiger partial charge in [0.15, 0.2) is 9.84 Å². The number of ether oxygens (including phenoxy) is 1. The number of aryl methyl sites for hydroxylation is 1. The van der Waals surface area contributed by atoms with Gasteiger partial charge in [-0.3, -0.25) is 4.79 Å². The van der Waals surface area contributed by atoms with Crippen LogP contribution in [-0.2, 0) is 14.6 Å². The van der Waals surface area contributed by atoms with E-state index in [1.54, 1.807) is 10.9 Å². The maximum Gasteiger partial charge on any atom is 0.262 e. The number of hydrogen-bond acceptors (Lipinski definition) is 6. The first-order valence-corrected chi connectivity index (χ1v) is 14.0. The lowest BCUT2D eigenvalue weighted by Crippen LogP contribution is -2.36. The fourth-order valence-corrected chi connectivity index (χ4v) is 5.79. The molecule has 192 valence electrons. The predicted molar refractivity (Wildman–Crippen MR) is 143 cm³/mol. The number of aromatic nitrogens is 2. The van der Waals surface area contributed by atoms with E-state index in [-0.39, 0.29) is 17.1 Å². The second-order valence-electron chi connectivity index (χ2n) is 9.64. The number of hydrogen-bond donors (Lipinski definition) is 1. The number of nitrogens with zero attached hydrogens (tertiary/aromatic N) is 3. The Morgan fingerprint density at radius 1 is 1.27 bits per heavy atom. The third kappa shape index (κ3) is 6.46. The second-order valence-corrected chi connectivity index (χ2v) is 11.9. The topological polar surface area (TPSA) is 114 Å². The highest BCUT2D eigenvalue weighted by Gasteiger charge is 2.29. The summed E-state index contributed by atoms with van der Waals surface area (Å²) in [5.41, 5.74) is 3.66. The number of rotatable bonds is 8. The van der Waals surface area contributed by atoms with Gasteiger partial charge in [0.05, 0.1) is 23.8 Å². The van der Waals surface area contributed by atoms with E-state index in [4.69, 9.17) is 9.84 Å². The van der Waals surface area contributed by atoms with E-state index >= 15 is 0 Å². The molecule has 1 aromatic heterocycles. The molecule has 9 heteroatoms. The Balaban J connectivity index is 1.70. The molecule has 0 radical (unpaired) electrons. The van der Waals surface area contributed by atoms with Crippen molar-refractivity contribution in [2.24, 2.45) is 5.92 Å². The third-order valence-corrected chi connectivity index (χ3v) is 7.78. The summed E-state index contributed by atoms with van der Waals surface area (Å²) in [7, 11) is -3.16. The number of para-hydroxylation sites is 1. The van der Waals surface area contributed by atoms with Crippen LogP contribution in [0.2, 0.25) is 0 Å². The van der Waals surface area contributed by atoms with Crippen LogP contribution in [0.25, 0.3) is 23.0 Å². The van der Waals surface area contributed by atoms with Crippen molar-refractivity contribution in [2.45, 2.75) is 33.2 Å². The zero-order chi connectivity index (χ0) is 26.6. The standard InChI is InChI=1S/C28H30N4O4S/c1-19(2)17-36-26-10-9-21(13-20(26)3)27-23(16-32(31-27)25-7-5-4-6-8-25)14-22(15-29)28(33)30-24-11-12-37(34,35)18-24/h4-10,13-14,16,19,24H,11-12,17-18H2,1-3H3,(H,30,33). The van der Waals surface area contributed by atoms with Gasteiger partial charge >= 0.3 is 0 Å². The molecule has 3 aromatic rings. The van der Waals surface area contributed by atoms with Crippen LogP contribution < -0.4 is 10.1 Å². The maximum atomic E-state index is 12.9. The lowest BCUT2D eigenvalue weighted by molar-refractivity contribution is -0.117. The number of sulfone groups is 1. The van der Waals surface area contributed by atoms with Gasteiger partial charge in [-0.15, -0.1) is 0 Å². The minimum atomic E-state index is -3.16. The monoisotopic (exact) mass is 518 g/mol. The lowest BCUT2D eigenvalue weighted by atomic mass is 10.0. The van der Waals surface area contributed by atoms with Gasteiger partial charge in [-0.1, -0.05) is 32.0 Å². The summed E-state index contributed by atoms with van der Waals surface area (Å²) in [6, 6.07) is 16.8. The first-order valence-electron chi connectivity index (χ1n) is 12.2. The molecule has 2 heterocycles.